The summed E-state index contributed by atoms with van der Waals surface area (Å²) in [5.41, 5.74) is 5.33. The van der Waals surface area contributed by atoms with Gasteiger partial charge in [-0.2, -0.15) is 0 Å². The Labute approximate surface area is 119 Å². The third-order valence-corrected chi connectivity index (χ3v) is 4.23. The Hall–Kier alpha value is -0.890. The zero-order valence-electron chi connectivity index (χ0n) is 13.5. The molecule has 0 saturated carbocycles. The number of hydrogen-bond donors (Lipinski definition) is 1. The molecule has 0 bridgehead atoms. The average Bonchev–Trinajstić information content (AvgIpc) is 2.40. The van der Waals surface area contributed by atoms with E-state index in [4.69, 9.17) is 4.98 Å². The van der Waals surface area contributed by atoms with Gasteiger partial charge in [-0.05, 0) is 56.8 Å². The molecule has 0 spiro atoms. The minimum Gasteiger partial charge on any atom is -0.319 e. The summed E-state index contributed by atoms with van der Waals surface area (Å²) in [6.45, 7) is 12.2. The highest BCUT2D eigenvalue weighted by atomic mass is 14.8. The van der Waals surface area contributed by atoms with E-state index < -0.39 is 0 Å². The monoisotopic (exact) mass is 262 g/mol. The standard InChI is InChI=1S/C17H30N2/c1-7-9-15(11-18-6)17-10-16(12(3)8-2)13(4)14(5)19-17/h10,12,15,18H,7-9,11H2,1-6H3. The summed E-state index contributed by atoms with van der Waals surface area (Å²) in [4.78, 5) is 4.85. The molecule has 0 aliphatic carbocycles. The van der Waals surface area contributed by atoms with Crippen molar-refractivity contribution in [2.75, 3.05) is 13.6 Å². The molecule has 0 aromatic carbocycles. The Bertz CT molecular complexity index is 392. The second-order valence-corrected chi connectivity index (χ2v) is 5.70. The van der Waals surface area contributed by atoms with Gasteiger partial charge in [-0.25, -0.2) is 0 Å². The molecule has 2 unspecified atom stereocenters. The highest BCUT2D eigenvalue weighted by Crippen LogP contribution is 2.28. The molecule has 1 rings (SSSR count). The maximum atomic E-state index is 4.85. The lowest BCUT2D eigenvalue weighted by molar-refractivity contribution is 0.560. The van der Waals surface area contributed by atoms with E-state index >= 15 is 0 Å². The van der Waals surface area contributed by atoms with Gasteiger partial charge in [0.15, 0.2) is 0 Å². The van der Waals surface area contributed by atoms with Gasteiger partial charge in [0.2, 0.25) is 0 Å². The molecular weight excluding hydrogens is 232 g/mol. The van der Waals surface area contributed by atoms with E-state index in [1.165, 1.54) is 41.8 Å². The van der Waals surface area contributed by atoms with Crippen LogP contribution in [0.5, 0.6) is 0 Å². The largest absolute Gasteiger partial charge is 0.319 e. The van der Waals surface area contributed by atoms with Crippen molar-refractivity contribution in [1.82, 2.24) is 10.3 Å². The Morgan fingerprint density at radius 3 is 2.47 bits per heavy atom. The normalized spacial score (nSPS) is 14.4. The predicted molar refractivity (Wildman–Crippen MR) is 84.0 cm³/mol. The summed E-state index contributed by atoms with van der Waals surface area (Å²) < 4.78 is 0. The van der Waals surface area contributed by atoms with E-state index in [-0.39, 0.29) is 0 Å². The van der Waals surface area contributed by atoms with Crippen molar-refractivity contribution in [1.29, 1.82) is 0 Å². The van der Waals surface area contributed by atoms with Crippen LogP contribution in [0, 0.1) is 13.8 Å². The highest BCUT2D eigenvalue weighted by Gasteiger charge is 2.16. The van der Waals surface area contributed by atoms with Gasteiger partial charge < -0.3 is 5.32 Å². The van der Waals surface area contributed by atoms with Crippen LogP contribution >= 0.6 is 0 Å². The van der Waals surface area contributed by atoms with Crippen molar-refractivity contribution in [3.05, 3.63) is 28.6 Å². The minimum absolute atomic E-state index is 0.539. The third-order valence-electron chi connectivity index (χ3n) is 4.23. The SMILES string of the molecule is CCCC(CNC)c1cc(C(C)CC)c(C)c(C)n1. The van der Waals surface area contributed by atoms with Crippen LogP contribution in [0.4, 0.5) is 0 Å². The maximum absolute atomic E-state index is 4.85. The van der Waals surface area contributed by atoms with Gasteiger partial charge in [0, 0.05) is 23.9 Å². The first-order valence-electron chi connectivity index (χ1n) is 7.67. The molecule has 0 saturated heterocycles. The first-order chi connectivity index (χ1) is 9.04. The number of nitrogens with zero attached hydrogens (tertiary/aromatic N) is 1. The number of aromatic nitrogens is 1. The van der Waals surface area contributed by atoms with Gasteiger partial charge in [0.25, 0.3) is 0 Å². The fourth-order valence-electron chi connectivity index (χ4n) is 2.68. The Kier molecular flexibility index (Phi) is 6.50. The van der Waals surface area contributed by atoms with Crippen LogP contribution in [0.3, 0.4) is 0 Å². The molecule has 1 aromatic heterocycles. The predicted octanol–water partition coefficient (Wildman–Crippen LogP) is 4.32. The van der Waals surface area contributed by atoms with Gasteiger partial charge in [-0.1, -0.05) is 27.2 Å². The summed E-state index contributed by atoms with van der Waals surface area (Å²) in [5, 5.41) is 3.31. The number of hydrogen-bond acceptors (Lipinski definition) is 2. The van der Waals surface area contributed by atoms with Gasteiger partial charge in [-0.3, -0.25) is 4.98 Å². The second kappa shape index (κ2) is 7.64. The Morgan fingerprint density at radius 1 is 1.26 bits per heavy atom. The van der Waals surface area contributed by atoms with Crippen LogP contribution in [0.2, 0.25) is 0 Å². The van der Waals surface area contributed by atoms with Crippen LogP contribution in [-0.2, 0) is 0 Å². The van der Waals surface area contributed by atoms with Crippen LogP contribution < -0.4 is 5.32 Å². The van der Waals surface area contributed by atoms with Crippen molar-refractivity contribution in [2.24, 2.45) is 0 Å². The molecule has 19 heavy (non-hydrogen) atoms. The molecule has 1 N–H and O–H groups in total. The summed E-state index contributed by atoms with van der Waals surface area (Å²) in [6, 6.07) is 2.36. The first-order valence-corrected chi connectivity index (χ1v) is 7.67. The maximum Gasteiger partial charge on any atom is 0.0453 e. The molecule has 0 aliphatic rings. The molecule has 1 heterocycles. The molecule has 0 amide bonds. The Morgan fingerprint density at radius 2 is 1.95 bits per heavy atom. The number of pyridine rings is 1. The molecular formula is C17H30N2. The van der Waals surface area contributed by atoms with Gasteiger partial charge in [0.05, 0.1) is 0 Å². The lowest BCUT2D eigenvalue weighted by Crippen LogP contribution is -2.19. The lowest BCUT2D eigenvalue weighted by Gasteiger charge is -2.21. The molecule has 1 aromatic rings. The molecule has 0 aliphatic heterocycles. The zero-order valence-corrected chi connectivity index (χ0v) is 13.5. The highest BCUT2D eigenvalue weighted by molar-refractivity contribution is 5.34. The number of rotatable bonds is 7. The molecule has 0 fully saturated rings. The van der Waals surface area contributed by atoms with Crippen LogP contribution in [0.25, 0.3) is 0 Å². The van der Waals surface area contributed by atoms with E-state index in [1.807, 2.05) is 7.05 Å². The van der Waals surface area contributed by atoms with Gasteiger partial charge in [0.1, 0.15) is 0 Å². The molecule has 2 atom stereocenters. The first kappa shape index (κ1) is 16.2. The summed E-state index contributed by atoms with van der Waals surface area (Å²) in [7, 11) is 2.03. The van der Waals surface area contributed by atoms with Crippen LogP contribution in [-0.4, -0.2) is 18.6 Å². The Balaban J connectivity index is 3.16. The zero-order chi connectivity index (χ0) is 14.4. The fraction of sp³-hybridized carbons (Fsp3) is 0.706. The third kappa shape index (κ3) is 4.04. The van der Waals surface area contributed by atoms with Crippen molar-refractivity contribution in [2.45, 2.75) is 65.7 Å². The summed E-state index contributed by atoms with van der Waals surface area (Å²) >= 11 is 0. The van der Waals surface area contributed by atoms with E-state index in [0.717, 1.165) is 6.54 Å². The van der Waals surface area contributed by atoms with E-state index in [0.29, 0.717) is 11.8 Å². The topological polar surface area (TPSA) is 24.9 Å². The molecule has 108 valence electrons. The number of likely N-dealkylation sites (N-methyl/N-ethyl adjacent to an activating group) is 1. The van der Waals surface area contributed by atoms with Crippen molar-refractivity contribution in [3.8, 4) is 0 Å². The smallest absolute Gasteiger partial charge is 0.0453 e. The summed E-state index contributed by atoms with van der Waals surface area (Å²) in [5.74, 6) is 1.16. The van der Waals surface area contributed by atoms with E-state index in [1.54, 1.807) is 0 Å². The lowest BCUT2D eigenvalue weighted by atomic mass is 9.90. The summed E-state index contributed by atoms with van der Waals surface area (Å²) in [6.07, 6.45) is 3.60. The average molecular weight is 262 g/mol. The second-order valence-electron chi connectivity index (χ2n) is 5.70. The van der Waals surface area contributed by atoms with Crippen molar-refractivity contribution < 1.29 is 0 Å². The van der Waals surface area contributed by atoms with Gasteiger partial charge in [-0.15, -0.1) is 0 Å². The number of aryl methyl sites for hydroxylation is 1. The quantitative estimate of drug-likeness (QED) is 0.792. The van der Waals surface area contributed by atoms with Crippen LogP contribution in [0.1, 0.15) is 74.4 Å². The minimum atomic E-state index is 0.539. The van der Waals surface area contributed by atoms with Crippen LogP contribution in [0.15, 0.2) is 6.07 Å². The number of nitrogens with one attached hydrogen (secondary N) is 1. The molecule has 2 heteroatoms. The molecule has 2 nitrogen and oxygen atoms in total. The van der Waals surface area contributed by atoms with Gasteiger partial charge >= 0.3 is 0 Å². The van der Waals surface area contributed by atoms with E-state index in [9.17, 15) is 0 Å². The fourth-order valence-corrected chi connectivity index (χ4v) is 2.68. The molecule has 0 radical (unpaired) electrons. The van der Waals surface area contributed by atoms with Crippen molar-refractivity contribution in [3.63, 3.8) is 0 Å². The van der Waals surface area contributed by atoms with Crippen molar-refractivity contribution >= 4 is 0 Å². The van der Waals surface area contributed by atoms with E-state index in [2.05, 4.69) is 46.0 Å².